The Morgan fingerprint density at radius 1 is 0.861 bits per heavy atom. The van der Waals surface area contributed by atoms with Gasteiger partial charge in [0.25, 0.3) is 0 Å². The third kappa shape index (κ3) is 14.2. The summed E-state index contributed by atoms with van der Waals surface area (Å²) in [4.78, 5) is 11.9. The van der Waals surface area contributed by atoms with Crippen LogP contribution in [0.4, 0.5) is 0 Å². The van der Waals surface area contributed by atoms with E-state index < -0.39 is 49.4 Å². The Morgan fingerprint density at radius 3 is 2.19 bits per heavy atom. The summed E-state index contributed by atoms with van der Waals surface area (Å²) in [5, 5.41) is 48.5. The van der Waals surface area contributed by atoms with Gasteiger partial charge in [-0.25, -0.2) is 0 Å². The standard InChI is InChI=1S/C27H46O9/c1-2-3-4-5-6-7-8-9-10-11-12-13-14-15-16-17-23(30)34-19-21(29)20-35-27-26(33)25(32)24(31)22(18-28)36-27/h3-4,6-7,9-10,21-22,24-29,31-33H,2,5,8,11-20H2,1H3/b4-3-,7-6-,10-9-/t21-,22-,24+,25+,26-,27-/m0/s1. The van der Waals surface area contributed by atoms with Gasteiger partial charge in [0.05, 0.1) is 13.2 Å². The second-order valence-corrected chi connectivity index (χ2v) is 8.97. The molecular weight excluding hydrogens is 468 g/mol. The van der Waals surface area contributed by atoms with E-state index in [0.717, 1.165) is 57.8 Å². The maximum absolute atomic E-state index is 11.9. The number of ether oxygens (including phenoxy) is 3. The van der Waals surface area contributed by atoms with Gasteiger partial charge in [0.1, 0.15) is 37.1 Å². The molecule has 1 aliphatic rings. The van der Waals surface area contributed by atoms with Gasteiger partial charge in [-0.1, -0.05) is 62.6 Å². The van der Waals surface area contributed by atoms with Crippen molar-refractivity contribution in [1.29, 1.82) is 0 Å². The van der Waals surface area contributed by atoms with Gasteiger partial charge in [-0.3, -0.25) is 4.79 Å². The quantitative estimate of drug-likeness (QED) is 0.0995. The van der Waals surface area contributed by atoms with Crippen molar-refractivity contribution in [2.45, 2.75) is 108 Å². The number of carbonyl (C=O) groups is 1. The van der Waals surface area contributed by atoms with Crippen LogP contribution in [-0.2, 0) is 19.0 Å². The molecular formula is C27H46O9. The average Bonchev–Trinajstić information content (AvgIpc) is 2.88. The molecule has 0 saturated carbocycles. The third-order valence-corrected chi connectivity index (χ3v) is 5.77. The zero-order chi connectivity index (χ0) is 26.6. The minimum atomic E-state index is -1.56. The van der Waals surface area contributed by atoms with E-state index in [1.807, 2.05) is 0 Å². The highest BCUT2D eigenvalue weighted by Crippen LogP contribution is 2.22. The van der Waals surface area contributed by atoms with Crippen LogP contribution in [0.1, 0.15) is 71.1 Å². The van der Waals surface area contributed by atoms with Crippen molar-refractivity contribution in [3.8, 4) is 0 Å². The lowest BCUT2D eigenvalue weighted by atomic mass is 9.99. The van der Waals surface area contributed by atoms with E-state index in [4.69, 9.17) is 19.3 Å². The van der Waals surface area contributed by atoms with Crippen molar-refractivity contribution in [2.24, 2.45) is 0 Å². The van der Waals surface area contributed by atoms with Crippen LogP contribution >= 0.6 is 0 Å². The molecule has 5 N–H and O–H groups in total. The summed E-state index contributed by atoms with van der Waals surface area (Å²) in [6.45, 7) is 0.964. The molecule has 1 saturated heterocycles. The zero-order valence-corrected chi connectivity index (χ0v) is 21.5. The van der Waals surface area contributed by atoms with Gasteiger partial charge >= 0.3 is 5.97 Å². The molecule has 208 valence electrons. The Kier molecular flexibility index (Phi) is 18.4. The first-order chi connectivity index (χ1) is 17.4. The zero-order valence-electron chi connectivity index (χ0n) is 21.5. The number of carbonyl (C=O) groups excluding carboxylic acids is 1. The largest absolute Gasteiger partial charge is 0.463 e. The lowest BCUT2D eigenvalue weighted by Gasteiger charge is -2.39. The van der Waals surface area contributed by atoms with Crippen molar-refractivity contribution in [3.63, 3.8) is 0 Å². The number of aliphatic hydroxyl groups is 5. The number of rotatable bonds is 19. The van der Waals surface area contributed by atoms with E-state index in [2.05, 4.69) is 43.4 Å². The minimum Gasteiger partial charge on any atom is -0.463 e. The van der Waals surface area contributed by atoms with Crippen molar-refractivity contribution in [1.82, 2.24) is 0 Å². The number of esters is 1. The fraction of sp³-hybridized carbons (Fsp3) is 0.741. The molecule has 9 heteroatoms. The molecule has 1 rings (SSSR count). The van der Waals surface area contributed by atoms with Crippen LogP contribution in [-0.4, -0.2) is 88.1 Å². The molecule has 0 aromatic rings. The second-order valence-electron chi connectivity index (χ2n) is 8.97. The first-order valence-electron chi connectivity index (χ1n) is 13.1. The number of unbranched alkanes of at least 4 members (excludes halogenated alkanes) is 5. The van der Waals surface area contributed by atoms with E-state index in [9.17, 15) is 25.2 Å². The van der Waals surface area contributed by atoms with Gasteiger partial charge in [-0.2, -0.15) is 0 Å². The van der Waals surface area contributed by atoms with Gasteiger partial charge in [0, 0.05) is 6.42 Å². The molecule has 1 aliphatic heterocycles. The van der Waals surface area contributed by atoms with Crippen molar-refractivity contribution >= 4 is 5.97 Å². The molecule has 9 nitrogen and oxygen atoms in total. The van der Waals surface area contributed by atoms with Crippen molar-refractivity contribution in [3.05, 3.63) is 36.5 Å². The van der Waals surface area contributed by atoms with E-state index in [0.29, 0.717) is 0 Å². The van der Waals surface area contributed by atoms with Crippen molar-refractivity contribution < 1.29 is 44.5 Å². The molecule has 0 amide bonds. The topological polar surface area (TPSA) is 146 Å². The van der Waals surface area contributed by atoms with Crippen LogP contribution in [0.3, 0.4) is 0 Å². The molecule has 0 aliphatic carbocycles. The SMILES string of the molecule is CC/C=C\C/C=C\C/C=C\CCCCCCCC(=O)OC[C@H](O)CO[C@H]1O[C@@H](CO)[C@@H](O)[C@@H](O)[C@@H]1O. The van der Waals surface area contributed by atoms with Crippen molar-refractivity contribution in [2.75, 3.05) is 19.8 Å². The van der Waals surface area contributed by atoms with E-state index in [1.54, 1.807) is 0 Å². The summed E-state index contributed by atoms with van der Waals surface area (Å²) in [6, 6.07) is 0. The Bertz CT molecular complexity index is 647. The van der Waals surface area contributed by atoms with E-state index >= 15 is 0 Å². The smallest absolute Gasteiger partial charge is 0.305 e. The normalized spacial score (nSPS) is 25.8. The van der Waals surface area contributed by atoms with Crippen LogP contribution in [0.15, 0.2) is 36.5 Å². The summed E-state index contributed by atoms with van der Waals surface area (Å²) >= 11 is 0. The number of aliphatic hydroxyl groups excluding tert-OH is 5. The Labute approximate surface area is 215 Å². The lowest BCUT2D eigenvalue weighted by molar-refractivity contribution is -0.305. The molecule has 6 atom stereocenters. The first-order valence-corrected chi connectivity index (χ1v) is 13.1. The highest BCUT2D eigenvalue weighted by atomic mass is 16.7. The van der Waals surface area contributed by atoms with E-state index in [-0.39, 0.29) is 19.6 Å². The molecule has 0 radical (unpaired) electrons. The summed E-state index contributed by atoms with van der Waals surface area (Å²) in [5.41, 5.74) is 0. The van der Waals surface area contributed by atoms with Crippen LogP contribution in [0.2, 0.25) is 0 Å². The van der Waals surface area contributed by atoms with Crippen LogP contribution in [0, 0.1) is 0 Å². The predicted octanol–water partition coefficient (Wildman–Crippen LogP) is 2.30. The molecule has 1 fully saturated rings. The second kappa shape index (κ2) is 20.5. The Balaban J connectivity index is 2.02. The molecule has 0 aromatic carbocycles. The number of allylic oxidation sites excluding steroid dienone is 6. The van der Waals surface area contributed by atoms with Gasteiger partial charge in [0.15, 0.2) is 6.29 Å². The average molecular weight is 515 g/mol. The summed E-state index contributed by atoms with van der Waals surface area (Å²) < 4.78 is 15.5. The molecule has 1 heterocycles. The number of hydrogen-bond donors (Lipinski definition) is 5. The Hall–Kier alpha value is -1.59. The first kappa shape index (κ1) is 32.4. The fourth-order valence-corrected chi connectivity index (χ4v) is 3.61. The lowest BCUT2D eigenvalue weighted by Crippen LogP contribution is -2.59. The fourth-order valence-electron chi connectivity index (χ4n) is 3.61. The number of hydrogen-bond acceptors (Lipinski definition) is 9. The van der Waals surface area contributed by atoms with Crippen LogP contribution in [0.25, 0.3) is 0 Å². The van der Waals surface area contributed by atoms with E-state index in [1.165, 1.54) is 0 Å². The highest BCUT2D eigenvalue weighted by Gasteiger charge is 2.44. The van der Waals surface area contributed by atoms with Gasteiger partial charge in [-0.05, 0) is 38.5 Å². The molecule has 0 spiro atoms. The van der Waals surface area contributed by atoms with Crippen LogP contribution < -0.4 is 0 Å². The maximum atomic E-state index is 11.9. The monoisotopic (exact) mass is 514 g/mol. The third-order valence-electron chi connectivity index (χ3n) is 5.77. The van der Waals surface area contributed by atoms with Gasteiger partial charge in [0.2, 0.25) is 0 Å². The predicted molar refractivity (Wildman–Crippen MR) is 136 cm³/mol. The van der Waals surface area contributed by atoms with Gasteiger partial charge in [-0.15, -0.1) is 0 Å². The Morgan fingerprint density at radius 2 is 1.50 bits per heavy atom. The van der Waals surface area contributed by atoms with Crippen LogP contribution in [0.5, 0.6) is 0 Å². The molecule has 0 unspecified atom stereocenters. The molecule has 0 aromatic heterocycles. The maximum Gasteiger partial charge on any atom is 0.305 e. The molecule has 0 bridgehead atoms. The summed E-state index contributed by atoms with van der Waals surface area (Å²) in [5.74, 6) is -0.400. The summed E-state index contributed by atoms with van der Waals surface area (Å²) in [7, 11) is 0. The minimum absolute atomic E-state index is 0.271. The molecule has 36 heavy (non-hydrogen) atoms. The highest BCUT2D eigenvalue weighted by molar-refractivity contribution is 5.69. The van der Waals surface area contributed by atoms with Gasteiger partial charge < -0.3 is 39.7 Å². The summed E-state index contributed by atoms with van der Waals surface area (Å²) in [6.07, 6.45) is 14.3.